The largest absolute Gasteiger partial charge is 0.478 e. The van der Waals surface area contributed by atoms with Crippen molar-refractivity contribution in [3.8, 4) is 0 Å². The average molecular weight is 346 g/mol. The lowest BCUT2D eigenvalue weighted by molar-refractivity contribution is 0.0697. The van der Waals surface area contributed by atoms with E-state index in [9.17, 15) is 18.3 Å². The van der Waals surface area contributed by atoms with E-state index in [2.05, 4.69) is 9.50 Å². The maximum absolute atomic E-state index is 11.9. The summed E-state index contributed by atoms with van der Waals surface area (Å²) in [6, 6.07) is 5.32. The Kier molecular flexibility index (Phi) is 4.74. The number of hydrogen-bond donors (Lipinski definition) is 2. The summed E-state index contributed by atoms with van der Waals surface area (Å²) in [6.07, 6.45) is 1.40. The standard InChI is InChI=1S/C13H12ClNO6S/c1-2-21-22(18,19)11-6-8(13(16)17)10(7-9(11)14)15-12-4-3-5-20-12/h3-7,15H,2H2,1H3,(H,16,17). The molecule has 22 heavy (non-hydrogen) atoms. The Morgan fingerprint density at radius 3 is 2.73 bits per heavy atom. The number of nitrogens with one attached hydrogen (secondary N) is 1. The number of aromatic carboxylic acids is 1. The number of furan rings is 1. The van der Waals surface area contributed by atoms with Crippen LogP contribution in [0.1, 0.15) is 17.3 Å². The Morgan fingerprint density at radius 1 is 1.45 bits per heavy atom. The molecule has 2 aromatic rings. The van der Waals surface area contributed by atoms with Crippen LogP contribution in [-0.4, -0.2) is 26.1 Å². The highest BCUT2D eigenvalue weighted by Gasteiger charge is 2.23. The second-order valence-corrected chi connectivity index (χ2v) is 6.09. The van der Waals surface area contributed by atoms with Crippen molar-refractivity contribution in [3.05, 3.63) is 41.1 Å². The molecule has 118 valence electrons. The maximum Gasteiger partial charge on any atom is 0.337 e. The first-order chi connectivity index (χ1) is 10.3. The van der Waals surface area contributed by atoms with Crippen LogP contribution in [0.25, 0.3) is 0 Å². The van der Waals surface area contributed by atoms with Gasteiger partial charge in [0.2, 0.25) is 0 Å². The molecule has 2 N–H and O–H groups in total. The van der Waals surface area contributed by atoms with Crippen LogP contribution in [0.4, 0.5) is 11.6 Å². The van der Waals surface area contributed by atoms with Crippen LogP contribution in [-0.2, 0) is 14.3 Å². The second kappa shape index (κ2) is 6.39. The number of halogens is 1. The van der Waals surface area contributed by atoms with Crippen LogP contribution in [0, 0.1) is 0 Å². The highest BCUT2D eigenvalue weighted by atomic mass is 35.5. The molecule has 7 nitrogen and oxygen atoms in total. The Morgan fingerprint density at radius 2 is 2.18 bits per heavy atom. The number of carbonyl (C=O) groups is 1. The Bertz CT molecular complexity index is 785. The van der Waals surface area contributed by atoms with E-state index >= 15 is 0 Å². The summed E-state index contributed by atoms with van der Waals surface area (Å²) in [5, 5.41) is 11.8. The molecular formula is C13H12ClNO6S. The van der Waals surface area contributed by atoms with Crippen LogP contribution in [0.5, 0.6) is 0 Å². The van der Waals surface area contributed by atoms with E-state index in [1.807, 2.05) is 0 Å². The second-order valence-electron chi connectivity index (χ2n) is 4.10. The van der Waals surface area contributed by atoms with Gasteiger partial charge in [0.1, 0.15) is 4.90 Å². The lowest BCUT2D eigenvalue weighted by atomic mass is 10.2. The van der Waals surface area contributed by atoms with Gasteiger partial charge in [-0.3, -0.25) is 4.18 Å². The fourth-order valence-electron chi connectivity index (χ4n) is 1.73. The fraction of sp³-hybridized carbons (Fsp3) is 0.154. The van der Waals surface area contributed by atoms with Gasteiger partial charge in [-0.1, -0.05) is 11.6 Å². The van der Waals surface area contributed by atoms with Crippen molar-refractivity contribution in [3.63, 3.8) is 0 Å². The summed E-state index contributed by atoms with van der Waals surface area (Å²) in [5.41, 5.74) is -0.179. The topological polar surface area (TPSA) is 106 Å². The highest BCUT2D eigenvalue weighted by molar-refractivity contribution is 7.86. The summed E-state index contributed by atoms with van der Waals surface area (Å²) in [4.78, 5) is 10.9. The number of carboxylic acids is 1. The highest BCUT2D eigenvalue weighted by Crippen LogP contribution is 2.31. The zero-order chi connectivity index (χ0) is 16.3. The van der Waals surface area contributed by atoms with Gasteiger partial charge in [0.05, 0.1) is 29.1 Å². The Labute approximate surface area is 131 Å². The minimum Gasteiger partial charge on any atom is -0.478 e. The van der Waals surface area contributed by atoms with Crippen LogP contribution in [0.15, 0.2) is 39.8 Å². The van der Waals surface area contributed by atoms with E-state index in [0.29, 0.717) is 5.88 Å². The number of anilines is 2. The van der Waals surface area contributed by atoms with Crippen molar-refractivity contribution in [1.82, 2.24) is 0 Å². The molecule has 0 saturated heterocycles. The SMILES string of the molecule is CCOS(=O)(=O)c1cc(C(=O)O)c(Nc2ccco2)cc1Cl. The number of hydrogen-bond acceptors (Lipinski definition) is 6. The predicted octanol–water partition coefficient (Wildman–Crippen LogP) is 3.10. The van der Waals surface area contributed by atoms with Crippen molar-refractivity contribution in [1.29, 1.82) is 0 Å². The van der Waals surface area contributed by atoms with Crippen LogP contribution >= 0.6 is 11.6 Å². The Balaban J connectivity index is 2.53. The van der Waals surface area contributed by atoms with Gasteiger partial charge in [-0.15, -0.1) is 0 Å². The lowest BCUT2D eigenvalue weighted by Crippen LogP contribution is -2.10. The zero-order valence-corrected chi connectivity index (χ0v) is 12.9. The van der Waals surface area contributed by atoms with Crippen LogP contribution in [0.2, 0.25) is 5.02 Å². The van der Waals surface area contributed by atoms with E-state index in [1.54, 1.807) is 12.1 Å². The normalized spacial score (nSPS) is 11.4. The van der Waals surface area contributed by atoms with Gasteiger partial charge in [0, 0.05) is 6.07 Å². The minimum atomic E-state index is -4.12. The first-order valence-corrected chi connectivity index (χ1v) is 7.90. The third-order valence-corrected chi connectivity index (χ3v) is 4.47. The molecule has 1 heterocycles. The summed E-state index contributed by atoms with van der Waals surface area (Å²) in [6.45, 7) is 1.41. The van der Waals surface area contributed by atoms with Gasteiger partial charge >= 0.3 is 5.97 Å². The monoisotopic (exact) mass is 345 g/mol. The molecule has 0 spiro atoms. The first kappa shape index (κ1) is 16.3. The van der Waals surface area contributed by atoms with Gasteiger partial charge < -0.3 is 14.8 Å². The molecule has 0 radical (unpaired) electrons. The van der Waals surface area contributed by atoms with E-state index in [-0.39, 0.29) is 22.9 Å². The van der Waals surface area contributed by atoms with Gasteiger partial charge in [0.25, 0.3) is 10.1 Å². The zero-order valence-electron chi connectivity index (χ0n) is 11.4. The molecule has 9 heteroatoms. The quantitative estimate of drug-likeness (QED) is 0.775. The molecular weight excluding hydrogens is 334 g/mol. The molecule has 0 fully saturated rings. The summed E-state index contributed by atoms with van der Waals surface area (Å²) in [5.74, 6) is -1.03. The molecule has 1 aromatic carbocycles. The van der Waals surface area contributed by atoms with Crippen molar-refractivity contribution in [2.45, 2.75) is 11.8 Å². The fourth-order valence-corrected chi connectivity index (χ4v) is 3.17. The van der Waals surface area contributed by atoms with E-state index < -0.39 is 21.0 Å². The minimum absolute atomic E-state index is 0.0898. The molecule has 1 aromatic heterocycles. The lowest BCUT2D eigenvalue weighted by Gasteiger charge is -2.12. The summed E-state index contributed by atoms with van der Waals surface area (Å²) in [7, 11) is -4.12. The first-order valence-electron chi connectivity index (χ1n) is 6.12. The molecule has 0 amide bonds. The van der Waals surface area contributed by atoms with Crippen molar-refractivity contribution in [2.24, 2.45) is 0 Å². The number of carboxylic acid groups (broad SMARTS) is 1. The third kappa shape index (κ3) is 3.41. The summed E-state index contributed by atoms with van der Waals surface area (Å²) >= 11 is 5.94. The van der Waals surface area contributed by atoms with E-state index in [0.717, 1.165) is 6.07 Å². The maximum atomic E-state index is 11.9. The van der Waals surface area contributed by atoms with Crippen LogP contribution < -0.4 is 5.32 Å². The number of benzene rings is 1. The molecule has 0 aliphatic heterocycles. The van der Waals surface area contributed by atoms with Gasteiger partial charge in [0.15, 0.2) is 5.88 Å². The van der Waals surface area contributed by atoms with Crippen molar-refractivity contribution in [2.75, 3.05) is 11.9 Å². The van der Waals surface area contributed by atoms with Crippen LogP contribution in [0.3, 0.4) is 0 Å². The third-order valence-electron chi connectivity index (χ3n) is 2.62. The molecule has 0 aliphatic carbocycles. The van der Waals surface area contributed by atoms with Crippen molar-refractivity contribution < 1.29 is 26.9 Å². The van der Waals surface area contributed by atoms with Gasteiger partial charge in [-0.25, -0.2) is 4.79 Å². The molecule has 2 rings (SSSR count). The smallest absolute Gasteiger partial charge is 0.337 e. The Hall–Kier alpha value is -2.03. The number of rotatable bonds is 6. The molecule has 0 saturated carbocycles. The predicted molar refractivity (Wildman–Crippen MR) is 79.2 cm³/mol. The molecule has 0 bridgehead atoms. The van der Waals surface area contributed by atoms with Crippen molar-refractivity contribution >= 4 is 39.3 Å². The van der Waals surface area contributed by atoms with E-state index in [1.165, 1.54) is 19.3 Å². The van der Waals surface area contributed by atoms with Gasteiger partial charge in [-0.05, 0) is 25.1 Å². The molecule has 0 aliphatic rings. The van der Waals surface area contributed by atoms with E-state index in [4.69, 9.17) is 16.0 Å². The molecule has 0 atom stereocenters. The molecule has 0 unspecified atom stereocenters. The van der Waals surface area contributed by atoms with Gasteiger partial charge in [-0.2, -0.15) is 8.42 Å². The summed E-state index contributed by atoms with van der Waals surface area (Å²) < 4.78 is 33.5. The average Bonchev–Trinajstić information content (AvgIpc) is 2.90.